The van der Waals surface area contributed by atoms with E-state index < -0.39 is 0 Å². The van der Waals surface area contributed by atoms with Crippen molar-refractivity contribution in [2.24, 2.45) is 4.99 Å². The predicted molar refractivity (Wildman–Crippen MR) is 103 cm³/mol. The van der Waals surface area contributed by atoms with Gasteiger partial charge in [0.05, 0.1) is 7.11 Å². The summed E-state index contributed by atoms with van der Waals surface area (Å²) in [7, 11) is 3.75. The Morgan fingerprint density at radius 1 is 1.24 bits per heavy atom. The van der Waals surface area contributed by atoms with Crippen LogP contribution in [-0.2, 0) is 13.0 Å². The fourth-order valence-corrected chi connectivity index (χ4v) is 2.57. The second-order valence-corrected chi connectivity index (χ2v) is 5.96. The number of pyridine rings is 1. The van der Waals surface area contributed by atoms with Crippen molar-refractivity contribution in [2.45, 2.75) is 26.8 Å². The molecule has 0 saturated heterocycles. The van der Waals surface area contributed by atoms with Crippen molar-refractivity contribution in [2.75, 3.05) is 27.2 Å². The van der Waals surface area contributed by atoms with Crippen LogP contribution in [0.4, 0.5) is 0 Å². The van der Waals surface area contributed by atoms with Gasteiger partial charge in [-0.2, -0.15) is 0 Å². The highest BCUT2D eigenvalue weighted by atomic mass is 16.5. The summed E-state index contributed by atoms with van der Waals surface area (Å²) in [5, 5.41) is 3.35. The largest absolute Gasteiger partial charge is 0.496 e. The van der Waals surface area contributed by atoms with Gasteiger partial charge in [0.25, 0.3) is 0 Å². The number of aryl methyl sites for hydroxylation is 1. The minimum atomic E-state index is 0.726. The van der Waals surface area contributed by atoms with E-state index in [1.807, 2.05) is 44.4 Å². The van der Waals surface area contributed by atoms with Crippen LogP contribution < -0.4 is 10.1 Å². The zero-order chi connectivity index (χ0) is 18.1. The molecule has 0 radical (unpaired) electrons. The second kappa shape index (κ2) is 9.67. The van der Waals surface area contributed by atoms with Crippen molar-refractivity contribution in [3.63, 3.8) is 0 Å². The monoisotopic (exact) mass is 340 g/mol. The highest BCUT2D eigenvalue weighted by Crippen LogP contribution is 2.18. The third-order valence-electron chi connectivity index (χ3n) is 3.93. The van der Waals surface area contributed by atoms with Crippen molar-refractivity contribution in [3.05, 3.63) is 59.4 Å². The van der Waals surface area contributed by atoms with Gasteiger partial charge in [-0.25, -0.2) is 0 Å². The number of hydrogen-bond acceptors (Lipinski definition) is 3. The van der Waals surface area contributed by atoms with Crippen molar-refractivity contribution < 1.29 is 4.74 Å². The molecule has 1 aromatic carbocycles. The van der Waals surface area contributed by atoms with E-state index in [0.717, 1.165) is 49.0 Å². The van der Waals surface area contributed by atoms with E-state index in [1.54, 1.807) is 7.11 Å². The molecule has 5 heteroatoms. The molecule has 0 aliphatic rings. The Morgan fingerprint density at radius 3 is 2.72 bits per heavy atom. The fourth-order valence-electron chi connectivity index (χ4n) is 2.57. The Morgan fingerprint density at radius 2 is 2.04 bits per heavy atom. The lowest BCUT2D eigenvalue weighted by molar-refractivity contribution is 0.396. The van der Waals surface area contributed by atoms with Gasteiger partial charge in [0, 0.05) is 44.1 Å². The van der Waals surface area contributed by atoms with Gasteiger partial charge >= 0.3 is 0 Å². The van der Waals surface area contributed by atoms with Crippen LogP contribution in [0.25, 0.3) is 0 Å². The number of para-hydroxylation sites is 1. The summed E-state index contributed by atoms with van der Waals surface area (Å²) < 4.78 is 5.44. The number of ether oxygens (including phenoxy) is 1. The zero-order valence-electron chi connectivity index (χ0n) is 15.6. The quantitative estimate of drug-likeness (QED) is 0.622. The number of methoxy groups -OCH3 is 1. The Bertz CT molecular complexity index is 682. The maximum absolute atomic E-state index is 5.44. The maximum Gasteiger partial charge on any atom is 0.193 e. The predicted octanol–water partition coefficient (Wildman–Crippen LogP) is 3.04. The van der Waals surface area contributed by atoms with E-state index in [9.17, 15) is 0 Å². The average molecular weight is 340 g/mol. The molecule has 0 atom stereocenters. The number of aromatic nitrogens is 1. The SMILES string of the molecule is CCNC(=NCCc1ccc(C)nc1)N(C)Cc1ccccc1OC. The molecule has 5 nitrogen and oxygen atoms in total. The van der Waals surface area contributed by atoms with Crippen LogP contribution in [0.3, 0.4) is 0 Å². The van der Waals surface area contributed by atoms with Crippen LogP contribution in [0.1, 0.15) is 23.7 Å². The molecule has 2 aromatic rings. The first-order valence-electron chi connectivity index (χ1n) is 8.67. The third kappa shape index (κ3) is 5.78. The first-order valence-corrected chi connectivity index (χ1v) is 8.67. The Hall–Kier alpha value is -2.56. The molecular formula is C20H28N4O. The van der Waals surface area contributed by atoms with E-state index in [0.29, 0.717) is 0 Å². The summed E-state index contributed by atoms with van der Waals surface area (Å²) in [6.07, 6.45) is 2.81. The Kier molecular flexibility index (Phi) is 7.26. The molecule has 0 saturated carbocycles. The number of hydrogen-bond donors (Lipinski definition) is 1. The molecule has 0 bridgehead atoms. The lowest BCUT2D eigenvalue weighted by Gasteiger charge is -2.23. The van der Waals surface area contributed by atoms with Gasteiger partial charge < -0.3 is 15.0 Å². The summed E-state index contributed by atoms with van der Waals surface area (Å²) in [5.41, 5.74) is 3.38. The number of nitrogens with zero attached hydrogens (tertiary/aromatic N) is 3. The van der Waals surface area contributed by atoms with Crippen LogP contribution >= 0.6 is 0 Å². The standard InChI is InChI=1S/C20H28N4O/c1-5-21-20(22-13-12-17-11-10-16(2)23-14-17)24(3)15-18-8-6-7-9-19(18)25-4/h6-11,14H,5,12-13,15H2,1-4H3,(H,21,22). The molecule has 0 aliphatic carbocycles. The van der Waals surface area contributed by atoms with Gasteiger partial charge in [0.1, 0.15) is 5.75 Å². The minimum absolute atomic E-state index is 0.726. The molecule has 1 N–H and O–H groups in total. The molecule has 0 spiro atoms. The lowest BCUT2D eigenvalue weighted by Crippen LogP contribution is -2.38. The summed E-state index contributed by atoms with van der Waals surface area (Å²) in [4.78, 5) is 11.2. The summed E-state index contributed by atoms with van der Waals surface area (Å²) in [6.45, 7) is 6.38. The van der Waals surface area contributed by atoms with Crippen LogP contribution in [0, 0.1) is 6.92 Å². The molecular weight excluding hydrogens is 312 g/mol. The fraction of sp³-hybridized carbons (Fsp3) is 0.400. The van der Waals surface area contributed by atoms with Crippen molar-refractivity contribution in [1.82, 2.24) is 15.2 Å². The van der Waals surface area contributed by atoms with E-state index >= 15 is 0 Å². The summed E-state index contributed by atoms with van der Waals surface area (Å²) in [6, 6.07) is 12.2. The molecule has 134 valence electrons. The molecule has 1 heterocycles. The number of benzene rings is 1. The highest BCUT2D eigenvalue weighted by Gasteiger charge is 2.09. The molecule has 1 aromatic heterocycles. The number of nitrogens with one attached hydrogen (secondary N) is 1. The number of aliphatic imine (C=N–C) groups is 1. The van der Waals surface area contributed by atoms with Crippen molar-refractivity contribution in [1.29, 1.82) is 0 Å². The smallest absolute Gasteiger partial charge is 0.193 e. The zero-order valence-corrected chi connectivity index (χ0v) is 15.6. The topological polar surface area (TPSA) is 49.8 Å². The average Bonchev–Trinajstić information content (AvgIpc) is 2.63. The number of rotatable bonds is 7. The van der Waals surface area contributed by atoms with Gasteiger partial charge in [-0.05, 0) is 38.0 Å². The minimum Gasteiger partial charge on any atom is -0.496 e. The van der Waals surface area contributed by atoms with Crippen LogP contribution in [-0.4, -0.2) is 43.1 Å². The lowest BCUT2D eigenvalue weighted by atomic mass is 10.2. The first kappa shape index (κ1) is 18.8. The maximum atomic E-state index is 5.44. The second-order valence-electron chi connectivity index (χ2n) is 5.96. The van der Waals surface area contributed by atoms with Crippen LogP contribution in [0.5, 0.6) is 5.75 Å². The summed E-state index contributed by atoms with van der Waals surface area (Å²) >= 11 is 0. The van der Waals surface area contributed by atoms with E-state index in [-0.39, 0.29) is 0 Å². The molecule has 25 heavy (non-hydrogen) atoms. The van der Waals surface area contributed by atoms with E-state index in [4.69, 9.17) is 9.73 Å². The van der Waals surface area contributed by atoms with Crippen molar-refractivity contribution in [3.8, 4) is 5.75 Å². The Labute approximate surface area is 150 Å². The van der Waals surface area contributed by atoms with Gasteiger partial charge in [-0.1, -0.05) is 24.3 Å². The van der Waals surface area contributed by atoms with Gasteiger partial charge in [-0.15, -0.1) is 0 Å². The van der Waals surface area contributed by atoms with E-state index in [1.165, 1.54) is 5.56 Å². The van der Waals surface area contributed by atoms with Crippen molar-refractivity contribution >= 4 is 5.96 Å². The van der Waals surface area contributed by atoms with Crippen LogP contribution in [0.2, 0.25) is 0 Å². The van der Waals surface area contributed by atoms with Gasteiger partial charge in [0.15, 0.2) is 5.96 Å². The molecule has 0 fully saturated rings. The first-order chi connectivity index (χ1) is 12.1. The number of guanidine groups is 1. The molecule has 0 aliphatic heterocycles. The highest BCUT2D eigenvalue weighted by molar-refractivity contribution is 5.79. The Balaban J connectivity index is 2.01. The van der Waals surface area contributed by atoms with Gasteiger partial charge in [-0.3, -0.25) is 9.98 Å². The normalized spacial score (nSPS) is 11.3. The molecule has 0 amide bonds. The van der Waals surface area contributed by atoms with E-state index in [2.05, 4.69) is 34.3 Å². The molecule has 2 rings (SSSR count). The summed E-state index contributed by atoms with van der Waals surface area (Å²) in [5.74, 6) is 1.80. The van der Waals surface area contributed by atoms with Gasteiger partial charge in [0.2, 0.25) is 0 Å². The molecule has 0 unspecified atom stereocenters. The third-order valence-corrected chi connectivity index (χ3v) is 3.93. The van der Waals surface area contributed by atoms with Crippen LogP contribution in [0.15, 0.2) is 47.6 Å².